The number of halogens is 1. The van der Waals surface area contributed by atoms with Crippen LogP contribution in [0.3, 0.4) is 0 Å². The zero-order valence-corrected chi connectivity index (χ0v) is 12.5. The van der Waals surface area contributed by atoms with Gasteiger partial charge >= 0.3 is 0 Å². The number of aromatic nitrogens is 2. The predicted molar refractivity (Wildman–Crippen MR) is 80.4 cm³/mol. The summed E-state index contributed by atoms with van der Waals surface area (Å²) in [7, 11) is 0. The number of oxime groups is 1. The molecule has 0 spiro atoms. The van der Waals surface area contributed by atoms with Crippen molar-refractivity contribution in [3.8, 4) is 5.69 Å². The van der Waals surface area contributed by atoms with Crippen LogP contribution in [0, 0.1) is 0 Å². The maximum absolute atomic E-state index is 8.99. The van der Waals surface area contributed by atoms with Gasteiger partial charge in [0, 0.05) is 10.2 Å². The van der Waals surface area contributed by atoms with Crippen LogP contribution < -0.4 is 5.73 Å². The Kier molecular flexibility index (Phi) is 3.48. The van der Waals surface area contributed by atoms with Crippen molar-refractivity contribution in [1.82, 2.24) is 9.55 Å². The lowest BCUT2D eigenvalue weighted by Gasteiger charge is -2.17. The van der Waals surface area contributed by atoms with E-state index < -0.39 is 0 Å². The van der Waals surface area contributed by atoms with Gasteiger partial charge in [-0.3, -0.25) is 0 Å². The summed E-state index contributed by atoms with van der Waals surface area (Å²) in [5.74, 6) is 0.0886. The van der Waals surface area contributed by atoms with Crippen LogP contribution in [0.4, 0.5) is 0 Å². The number of hydrogen-bond acceptors (Lipinski definition) is 3. The van der Waals surface area contributed by atoms with Crippen LogP contribution in [-0.2, 0) is 12.8 Å². The number of benzene rings is 1. The summed E-state index contributed by atoms with van der Waals surface area (Å²) < 4.78 is 2.84. The number of hydrogen-bond donors (Lipinski definition) is 2. The quantitative estimate of drug-likeness (QED) is 0.383. The maximum Gasteiger partial charge on any atom is 0.173 e. The van der Waals surface area contributed by atoms with E-state index in [1.54, 1.807) is 0 Å². The highest BCUT2D eigenvalue weighted by Gasteiger charge is 2.19. The monoisotopic (exact) mass is 334 g/mol. The first-order valence-corrected chi connectivity index (χ1v) is 7.33. The summed E-state index contributed by atoms with van der Waals surface area (Å²) >= 11 is 3.46. The van der Waals surface area contributed by atoms with Crippen molar-refractivity contribution in [2.75, 3.05) is 0 Å². The van der Waals surface area contributed by atoms with Crippen molar-refractivity contribution in [3.63, 3.8) is 0 Å². The summed E-state index contributed by atoms with van der Waals surface area (Å²) in [6, 6.07) is 5.76. The summed E-state index contributed by atoms with van der Waals surface area (Å²) in [5, 5.41) is 12.1. The third-order valence-electron chi connectivity index (χ3n) is 3.65. The third-order valence-corrected chi connectivity index (χ3v) is 4.31. The van der Waals surface area contributed by atoms with Crippen LogP contribution >= 0.6 is 15.9 Å². The van der Waals surface area contributed by atoms with Gasteiger partial charge in [-0.25, -0.2) is 4.98 Å². The van der Waals surface area contributed by atoms with E-state index in [1.165, 1.54) is 18.5 Å². The lowest BCUT2D eigenvalue weighted by Crippen LogP contribution is -2.18. The molecule has 20 heavy (non-hydrogen) atoms. The minimum Gasteiger partial charge on any atom is -0.409 e. The predicted octanol–water partition coefficient (Wildman–Crippen LogP) is 2.61. The molecule has 104 valence electrons. The first-order chi connectivity index (χ1) is 9.72. The normalized spacial score (nSPS) is 15.2. The van der Waals surface area contributed by atoms with Crippen molar-refractivity contribution >= 4 is 21.8 Å². The van der Waals surface area contributed by atoms with Gasteiger partial charge in [0.05, 0.1) is 23.3 Å². The van der Waals surface area contributed by atoms with E-state index in [0.29, 0.717) is 5.56 Å². The van der Waals surface area contributed by atoms with Gasteiger partial charge in [-0.1, -0.05) is 11.2 Å². The Morgan fingerprint density at radius 2 is 2.15 bits per heavy atom. The second-order valence-corrected chi connectivity index (χ2v) is 5.69. The minimum absolute atomic E-state index is 0.0886. The fraction of sp³-hybridized carbons (Fsp3) is 0.286. The molecule has 0 amide bonds. The SMILES string of the molecule is N/C(=N/O)c1c(Br)cccc1-n1cnc2c1CCCC2. The highest BCUT2D eigenvalue weighted by Crippen LogP contribution is 2.28. The Hall–Kier alpha value is -1.82. The van der Waals surface area contributed by atoms with E-state index in [2.05, 4.69) is 26.1 Å². The van der Waals surface area contributed by atoms with Crippen LogP contribution in [0.15, 0.2) is 34.2 Å². The maximum atomic E-state index is 8.99. The van der Waals surface area contributed by atoms with E-state index in [1.807, 2.05) is 29.1 Å². The molecule has 0 radical (unpaired) electrons. The number of amidine groups is 1. The molecule has 2 aromatic rings. The lowest BCUT2D eigenvalue weighted by molar-refractivity contribution is 0.318. The van der Waals surface area contributed by atoms with Crippen molar-refractivity contribution in [3.05, 3.63) is 46.0 Å². The fourth-order valence-corrected chi connectivity index (χ4v) is 3.25. The van der Waals surface area contributed by atoms with E-state index in [9.17, 15) is 0 Å². The van der Waals surface area contributed by atoms with Crippen molar-refractivity contribution in [2.24, 2.45) is 10.9 Å². The Bertz CT molecular complexity index is 678. The first-order valence-electron chi connectivity index (χ1n) is 6.54. The van der Waals surface area contributed by atoms with Gasteiger partial charge in [-0.2, -0.15) is 0 Å². The lowest BCUT2D eigenvalue weighted by atomic mass is 10.0. The highest BCUT2D eigenvalue weighted by atomic mass is 79.9. The molecule has 5 nitrogen and oxygen atoms in total. The van der Waals surface area contributed by atoms with Gasteiger partial charge in [0.15, 0.2) is 5.84 Å². The standard InChI is InChI=1S/C14H15BrN4O/c15-9-4-3-7-12(13(9)14(16)18-20)19-8-17-10-5-1-2-6-11(10)19/h3-4,7-8,20H,1-2,5-6H2,(H2,16,18). The molecule has 0 atom stereocenters. The zero-order valence-electron chi connectivity index (χ0n) is 10.9. The molecule has 0 unspecified atom stereocenters. The van der Waals surface area contributed by atoms with Crippen molar-refractivity contribution < 1.29 is 5.21 Å². The molecule has 6 heteroatoms. The molecule has 0 saturated carbocycles. The average Bonchev–Trinajstić information content (AvgIpc) is 2.90. The summed E-state index contributed by atoms with van der Waals surface area (Å²) in [4.78, 5) is 4.49. The average molecular weight is 335 g/mol. The minimum atomic E-state index is 0.0886. The van der Waals surface area contributed by atoms with Crippen LogP contribution in [-0.4, -0.2) is 20.6 Å². The van der Waals surface area contributed by atoms with Gasteiger partial charge in [0.2, 0.25) is 0 Å². The Morgan fingerprint density at radius 1 is 1.35 bits per heavy atom. The second-order valence-electron chi connectivity index (χ2n) is 4.83. The number of rotatable bonds is 2. The zero-order chi connectivity index (χ0) is 14.1. The summed E-state index contributed by atoms with van der Waals surface area (Å²) in [6.45, 7) is 0. The highest BCUT2D eigenvalue weighted by molar-refractivity contribution is 9.10. The molecule has 3 rings (SSSR count). The molecule has 0 saturated heterocycles. The summed E-state index contributed by atoms with van der Waals surface area (Å²) in [6.07, 6.45) is 6.22. The van der Waals surface area contributed by atoms with Crippen LogP contribution in [0.2, 0.25) is 0 Å². The number of fused-ring (bicyclic) bond motifs is 1. The van der Waals surface area contributed by atoms with E-state index in [0.717, 1.165) is 28.7 Å². The van der Waals surface area contributed by atoms with Gasteiger partial charge in [-0.05, 0) is 53.7 Å². The van der Waals surface area contributed by atoms with E-state index >= 15 is 0 Å². The van der Waals surface area contributed by atoms with Gasteiger partial charge < -0.3 is 15.5 Å². The van der Waals surface area contributed by atoms with Gasteiger partial charge in [0.25, 0.3) is 0 Å². The molecule has 1 aromatic heterocycles. The number of aryl methyl sites for hydroxylation is 1. The van der Waals surface area contributed by atoms with Gasteiger partial charge in [0.1, 0.15) is 0 Å². The van der Waals surface area contributed by atoms with Crippen molar-refractivity contribution in [1.29, 1.82) is 0 Å². The van der Waals surface area contributed by atoms with Crippen LogP contribution in [0.5, 0.6) is 0 Å². The molecule has 0 fully saturated rings. The smallest absolute Gasteiger partial charge is 0.173 e. The molecule has 3 N–H and O–H groups in total. The van der Waals surface area contributed by atoms with Crippen LogP contribution in [0.1, 0.15) is 29.8 Å². The van der Waals surface area contributed by atoms with E-state index in [-0.39, 0.29) is 5.84 Å². The Balaban J connectivity index is 2.20. The molecular weight excluding hydrogens is 320 g/mol. The van der Waals surface area contributed by atoms with Crippen molar-refractivity contribution in [2.45, 2.75) is 25.7 Å². The Morgan fingerprint density at radius 3 is 2.95 bits per heavy atom. The topological polar surface area (TPSA) is 76.4 Å². The summed E-state index contributed by atoms with van der Waals surface area (Å²) in [5.41, 5.74) is 9.75. The van der Waals surface area contributed by atoms with E-state index in [4.69, 9.17) is 10.9 Å². The first kappa shape index (κ1) is 13.2. The molecular formula is C14H15BrN4O. The molecule has 1 aromatic carbocycles. The second kappa shape index (κ2) is 5.28. The Labute approximate surface area is 125 Å². The van der Waals surface area contributed by atoms with Crippen LogP contribution in [0.25, 0.3) is 5.69 Å². The molecule has 1 heterocycles. The molecule has 1 aliphatic rings. The molecule has 0 bridgehead atoms. The number of nitrogens with two attached hydrogens (primary N) is 1. The number of imidazole rings is 1. The number of nitrogens with zero attached hydrogens (tertiary/aromatic N) is 3. The third kappa shape index (κ3) is 2.10. The largest absolute Gasteiger partial charge is 0.409 e. The fourth-order valence-electron chi connectivity index (χ4n) is 2.69. The molecule has 0 aliphatic heterocycles. The molecule has 1 aliphatic carbocycles. The van der Waals surface area contributed by atoms with Gasteiger partial charge in [-0.15, -0.1) is 0 Å².